The quantitative estimate of drug-likeness (QED) is 0.819. The third-order valence-corrected chi connectivity index (χ3v) is 5.07. The van der Waals surface area contributed by atoms with E-state index in [9.17, 15) is 5.11 Å². The number of ether oxygens (including phenoxy) is 1. The SMILES string of the molecule is Cc1nn(-c2ccccc2)c(C)c1CNCC1(CCO)CCOC1. The molecule has 1 aromatic carbocycles. The fraction of sp³-hybridized carbons (Fsp3) is 0.526. The van der Waals surface area contributed by atoms with E-state index < -0.39 is 0 Å². The molecule has 5 heteroatoms. The lowest BCUT2D eigenvalue weighted by Gasteiger charge is -2.26. The van der Waals surface area contributed by atoms with Crippen molar-refractivity contribution in [3.05, 3.63) is 47.3 Å². The molecule has 2 aromatic rings. The Morgan fingerprint density at radius 3 is 2.75 bits per heavy atom. The normalized spacial score (nSPS) is 20.6. The van der Waals surface area contributed by atoms with Gasteiger partial charge in [0, 0.05) is 43.0 Å². The number of aryl methyl sites for hydroxylation is 1. The fourth-order valence-electron chi connectivity index (χ4n) is 3.52. The molecule has 0 saturated carbocycles. The summed E-state index contributed by atoms with van der Waals surface area (Å²) in [6.45, 7) is 7.58. The van der Waals surface area contributed by atoms with Gasteiger partial charge < -0.3 is 15.2 Å². The Morgan fingerprint density at radius 2 is 2.08 bits per heavy atom. The molecule has 0 aliphatic carbocycles. The van der Waals surface area contributed by atoms with Gasteiger partial charge in [0.2, 0.25) is 0 Å². The molecule has 0 spiro atoms. The van der Waals surface area contributed by atoms with Gasteiger partial charge in [-0.1, -0.05) is 18.2 Å². The number of hydrogen-bond acceptors (Lipinski definition) is 4. The highest BCUT2D eigenvalue weighted by molar-refractivity contribution is 5.36. The zero-order valence-corrected chi connectivity index (χ0v) is 14.6. The van der Waals surface area contributed by atoms with Crippen LogP contribution < -0.4 is 5.32 Å². The van der Waals surface area contributed by atoms with Crippen LogP contribution in [0.15, 0.2) is 30.3 Å². The zero-order chi connectivity index (χ0) is 17.0. The Bertz CT molecular complexity index is 661. The van der Waals surface area contributed by atoms with Crippen LogP contribution >= 0.6 is 0 Å². The summed E-state index contributed by atoms with van der Waals surface area (Å²) in [6, 6.07) is 10.2. The van der Waals surface area contributed by atoms with Gasteiger partial charge in [-0.2, -0.15) is 5.10 Å². The van der Waals surface area contributed by atoms with Crippen molar-refractivity contribution in [1.29, 1.82) is 0 Å². The van der Waals surface area contributed by atoms with Crippen LogP contribution in [0.1, 0.15) is 29.8 Å². The summed E-state index contributed by atoms with van der Waals surface area (Å²) in [4.78, 5) is 0. The molecule has 24 heavy (non-hydrogen) atoms. The second-order valence-electron chi connectivity index (χ2n) is 6.78. The second kappa shape index (κ2) is 7.47. The minimum atomic E-state index is 0.0754. The molecule has 1 saturated heterocycles. The Balaban J connectivity index is 1.69. The van der Waals surface area contributed by atoms with Crippen molar-refractivity contribution in [3.63, 3.8) is 0 Å². The third kappa shape index (κ3) is 3.53. The second-order valence-corrected chi connectivity index (χ2v) is 6.78. The van der Waals surface area contributed by atoms with Crippen LogP contribution in [0.3, 0.4) is 0 Å². The average Bonchev–Trinajstić information content (AvgIpc) is 3.16. The predicted molar refractivity (Wildman–Crippen MR) is 94.3 cm³/mol. The highest BCUT2D eigenvalue weighted by Gasteiger charge is 2.34. The molecule has 1 atom stereocenters. The number of benzene rings is 1. The Kier molecular flexibility index (Phi) is 5.33. The molecule has 2 N–H and O–H groups in total. The molecule has 2 heterocycles. The summed E-state index contributed by atoms with van der Waals surface area (Å²) in [6.07, 6.45) is 1.81. The molecule has 1 aliphatic heterocycles. The van der Waals surface area contributed by atoms with Gasteiger partial charge in [0.25, 0.3) is 0 Å². The van der Waals surface area contributed by atoms with Crippen molar-refractivity contribution in [3.8, 4) is 5.69 Å². The van der Waals surface area contributed by atoms with E-state index in [0.717, 1.165) is 50.5 Å². The highest BCUT2D eigenvalue weighted by Crippen LogP contribution is 2.31. The molecule has 5 nitrogen and oxygen atoms in total. The number of rotatable bonds is 7. The summed E-state index contributed by atoms with van der Waals surface area (Å²) >= 11 is 0. The smallest absolute Gasteiger partial charge is 0.0648 e. The lowest BCUT2D eigenvalue weighted by atomic mass is 9.84. The summed E-state index contributed by atoms with van der Waals surface area (Å²) in [5.74, 6) is 0. The van der Waals surface area contributed by atoms with Crippen molar-refractivity contribution in [2.75, 3.05) is 26.4 Å². The standard InChI is InChI=1S/C19H27N3O2/c1-15-18(12-20-13-19(8-10-23)9-11-24-14-19)16(2)22(21-15)17-6-4-3-5-7-17/h3-7,20,23H,8-14H2,1-2H3. The van der Waals surface area contributed by atoms with Gasteiger partial charge in [-0.3, -0.25) is 0 Å². The molecular formula is C19H27N3O2. The van der Waals surface area contributed by atoms with Crippen LogP contribution in [0.2, 0.25) is 0 Å². The maximum atomic E-state index is 9.33. The summed E-state index contributed by atoms with van der Waals surface area (Å²) < 4.78 is 7.57. The highest BCUT2D eigenvalue weighted by atomic mass is 16.5. The average molecular weight is 329 g/mol. The maximum absolute atomic E-state index is 9.33. The van der Waals surface area contributed by atoms with E-state index in [2.05, 4.69) is 31.3 Å². The molecule has 1 aromatic heterocycles. The van der Waals surface area contributed by atoms with Crippen LogP contribution in [-0.2, 0) is 11.3 Å². The molecule has 3 rings (SSSR count). The number of aromatic nitrogens is 2. The first-order valence-electron chi connectivity index (χ1n) is 8.65. The van der Waals surface area contributed by atoms with Gasteiger partial charge in [-0.15, -0.1) is 0 Å². The Morgan fingerprint density at radius 1 is 1.29 bits per heavy atom. The molecule has 1 unspecified atom stereocenters. The van der Waals surface area contributed by atoms with E-state index in [1.165, 1.54) is 11.3 Å². The largest absolute Gasteiger partial charge is 0.396 e. The van der Waals surface area contributed by atoms with Crippen molar-refractivity contribution < 1.29 is 9.84 Å². The van der Waals surface area contributed by atoms with E-state index >= 15 is 0 Å². The molecule has 0 radical (unpaired) electrons. The topological polar surface area (TPSA) is 59.3 Å². The number of hydrogen-bond donors (Lipinski definition) is 2. The van der Waals surface area contributed by atoms with Gasteiger partial charge in [0.1, 0.15) is 0 Å². The third-order valence-electron chi connectivity index (χ3n) is 5.07. The van der Waals surface area contributed by atoms with Crippen molar-refractivity contribution in [1.82, 2.24) is 15.1 Å². The molecular weight excluding hydrogens is 302 g/mol. The van der Waals surface area contributed by atoms with Gasteiger partial charge in [-0.05, 0) is 38.8 Å². The minimum Gasteiger partial charge on any atom is -0.396 e. The summed E-state index contributed by atoms with van der Waals surface area (Å²) in [5, 5.41) is 17.6. The van der Waals surface area contributed by atoms with Gasteiger partial charge in [0.15, 0.2) is 0 Å². The first-order chi connectivity index (χ1) is 11.7. The van der Waals surface area contributed by atoms with Crippen molar-refractivity contribution >= 4 is 0 Å². The monoisotopic (exact) mass is 329 g/mol. The Hall–Kier alpha value is -1.69. The lowest BCUT2D eigenvalue weighted by molar-refractivity contribution is 0.124. The van der Waals surface area contributed by atoms with Crippen molar-refractivity contribution in [2.24, 2.45) is 5.41 Å². The molecule has 130 valence electrons. The lowest BCUT2D eigenvalue weighted by Crippen LogP contribution is -2.35. The molecule has 1 fully saturated rings. The number of aliphatic hydroxyl groups is 1. The molecule has 0 amide bonds. The van der Waals surface area contributed by atoms with E-state index in [0.29, 0.717) is 0 Å². The minimum absolute atomic E-state index is 0.0754. The van der Waals surface area contributed by atoms with E-state index in [4.69, 9.17) is 9.84 Å². The van der Waals surface area contributed by atoms with Crippen molar-refractivity contribution in [2.45, 2.75) is 33.2 Å². The van der Waals surface area contributed by atoms with Crippen LogP contribution in [0.5, 0.6) is 0 Å². The number of aliphatic hydroxyl groups excluding tert-OH is 1. The van der Waals surface area contributed by atoms with Gasteiger partial charge in [-0.25, -0.2) is 4.68 Å². The molecule has 1 aliphatic rings. The van der Waals surface area contributed by atoms with Crippen LogP contribution in [-0.4, -0.2) is 41.3 Å². The van der Waals surface area contributed by atoms with Crippen LogP contribution in [0, 0.1) is 19.3 Å². The summed E-state index contributed by atoms with van der Waals surface area (Å²) in [7, 11) is 0. The first-order valence-corrected chi connectivity index (χ1v) is 8.65. The first kappa shape index (κ1) is 17.1. The number of para-hydroxylation sites is 1. The van der Waals surface area contributed by atoms with E-state index in [1.807, 2.05) is 22.9 Å². The van der Waals surface area contributed by atoms with Gasteiger partial charge in [0.05, 0.1) is 18.0 Å². The van der Waals surface area contributed by atoms with E-state index in [1.54, 1.807) is 0 Å². The Labute approximate surface area is 143 Å². The van der Waals surface area contributed by atoms with E-state index in [-0.39, 0.29) is 12.0 Å². The van der Waals surface area contributed by atoms with Crippen LogP contribution in [0.25, 0.3) is 5.69 Å². The fourth-order valence-corrected chi connectivity index (χ4v) is 3.52. The maximum Gasteiger partial charge on any atom is 0.0648 e. The number of nitrogens with one attached hydrogen (secondary N) is 1. The van der Waals surface area contributed by atoms with Crippen LogP contribution in [0.4, 0.5) is 0 Å². The zero-order valence-electron chi connectivity index (χ0n) is 14.6. The predicted octanol–water partition coefficient (Wildman–Crippen LogP) is 2.37. The van der Waals surface area contributed by atoms with Gasteiger partial charge >= 0.3 is 0 Å². The number of nitrogens with zero attached hydrogens (tertiary/aromatic N) is 2. The molecule has 0 bridgehead atoms. The summed E-state index contributed by atoms with van der Waals surface area (Å²) in [5.41, 5.74) is 4.64.